The summed E-state index contributed by atoms with van der Waals surface area (Å²) in [5, 5.41) is 6.64. The first kappa shape index (κ1) is 12.5. The van der Waals surface area contributed by atoms with Crippen molar-refractivity contribution in [2.24, 2.45) is 0 Å². The lowest BCUT2D eigenvalue weighted by molar-refractivity contribution is 0.342. The Labute approximate surface area is 102 Å². The number of anilines is 1. The minimum absolute atomic E-state index is 0.562. The standard InChI is InChI=1S/C12H16N2OS/c1-3-9-13-12(16)14-10-7-5-6-8-11(10)15-4-2/h3,5-8H,1,4,9H2,2H3,(H2,13,14,16). The molecule has 0 spiro atoms. The molecule has 0 unspecified atom stereocenters. The molecule has 4 heteroatoms. The summed E-state index contributed by atoms with van der Waals surface area (Å²) in [5.74, 6) is 0.799. The van der Waals surface area contributed by atoms with Crippen LogP contribution in [0.4, 0.5) is 5.69 Å². The Bertz CT molecular complexity index is 366. The molecule has 2 N–H and O–H groups in total. The second-order valence-electron chi connectivity index (χ2n) is 3.05. The molecule has 86 valence electrons. The SMILES string of the molecule is C=CCNC(=S)Nc1ccccc1OCC. The molecular formula is C12H16N2OS. The highest BCUT2D eigenvalue weighted by Crippen LogP contribution is 2.23. The van der Waals surface area contributed by atoms with Gasteiger partial charge in [-0.3, -0.25) is 0 Å². The predicted octanol–water partition coefficient (Wildman–Crippen LogP) is 2.56. The van der Waals surface area contributed by atoms with Crippen LogP contribution in [-0.4, -0.2) is 18.3 Å². The lowest BCUT2D eigenvalue weighted by atomic mass is 10.3. The number of thiocarbonyl (C=S) groups is 1. The van der Waals surface area contributed by atoms with E-state index in [-0.39, 0.29) is 0 Å². The normalized spacial score (nSPS) is 9.31. The van der Waals surface area contributed by atoms with Crippen LogP contribution in [0.3, 0.4) is 0 Å². The number of nitrogens with one attached hydrogen (secondary N) is 2. The Hall–Kier alpha value is -1.55. The Balaban J connectivity index is 2.64. The lowest BCUT2D eigenvalue weighted by Crippen LogP contribution is -2.28. The van der Waals surface area contributed by atoms with Crippen LogP contribution in [0.2, 0.25) is 0 Å². The maximum absolute atomic E-state index is 5.47. The van der Waals surface area contributed by atoms with Gasteiger partial charge in [-0.2, -0.15) is 0 Å². The van der Waals surface area contributed by atoms with Crippen LogP contribution in [0, 0.1) is 0 Å². The van der Waals surface area contributed by atoms with Crippen LogP contribution in [0.5, 0.6) is 5.75 Å². The molecule has 0 heterocycles. The summed E-state index contributed by atoms with van der Waals surface area (Å²) in [7, 11) is 0. The van der Waals surface area contributed by atoms with E-state index in [0.717, 1.165) is 11.4 Å². The van der Waals surface area contributed by atoms with E-state index in [1.165, 1.54) is 0 Å². The van der Waals surface area contributed by atoms with E-state index < -0.39 is 0 Å². The van der Waals surface area contributed by atoms with E-state index in [1.807, 2.05) is 31.2 Å². The molecule has 0 saturated carbocycles. The third-order valence-electron chi connectivity index (χ3n) is 1.84. The summed E-state index contributed by atoms with van der Waals surface area (Å²) in [4.78, 5) is 0. The molecule has 0 aliphatic rings. The largest absolute Gasteiger partial charge is 0.492 e. The zero-order valence-corrected chi connectivity index (χ0v) is 10.1. The molecule has 0 aliphatic carbocycles. The summed E-state index contributed by atoms with van der Waals surface area (Å²) < 4.78 is 5.47. The topological polar surface area (TPSA) is 33.3 Å². The van der Waals surface area contributed by atoms with Crippen LogP contribution in [0.25, 0.3) is 0 Å². The Kier molecular flexibility index (Phi) is 5.36. The van der Waals surface area contributed by atoms with Gasteiger partial charge in [0.1, 0.15) is 5.75 Å². The van der Waals surface area contributed by atoms with Gasteiger partial charge in [-0.15, -0.1) is 6.58 Å². The second kappa shape index (κ2) is 6.85. The van der Waals surface area contributed by atoms with Crippen LogP contribution >= 0.6 is 12.2 Å². The second-order valence-corrected chi connectivity index (χ2v) is 3.46. The highest BCUT2D eigenvalue weighted by Gasteiger charge is 2.03. The predicted molar refractivity (Wildman–Crippen MR) is 72.0 cm³/mol. The van der Waals surface area contributed by atoms with E-state index in [2.05, 4.69) is 17.2 Å². The van der Waals surface area contributed by atoms with Crippen LogP contribution in [0.1, 0.15) is 6.92 Å². The number of ether oxygens (including phenoxy) is 1. The number of rotatable bonds is 5. The molecule has 0 amide bonds. The smallest absolute Gasteiger partial charge is 0.171 e. The molecule has 0 bridgehead atoms. The quantitative estimate of drug-likeness (QED) is 0.608. The van der Waals surface area contributed by atoms with E-state index in [0.29, 0.717) is 18.3 Å². The molecule has 0 fully saturated rings. The lowest BCUT2D eigenvalue weighted by Gasteiger charge is -2.13. The van der Waals surface area contributed by atoms with Crippen molar-refractivity contribution in [3.63, 3.8) is 0 Å². The summed E-state index contributed by atoms with van der Waals surface area (Å²) in [6.07, 6.45) is 1.75. The molecule has 0 atom stereocenters. The van der Waals surface area contributed by atoms with Crippen LogP contribution < -0.4 is 15.4 Å². The van der Waals surface area contributed by atoms with Gasteiger partial charge in [0.05, 0.1) is 12.3 Å². The summed E-state index contributed by atoms with van der Waals surface area (Å²) in [6, 6.07) is 7.69. The molecule has 0 aromatic heterocycles. The van der Waals surface area contributed by atoms with Gasteiger partial charge in [0.25, 0.3) is 0 Å². The van der Waals surface area contributed by atoms with Crippen molar-refractivity contribution in [3.8, 4) is 5.75 Å². The first-order valence-corrected chi connectivity index (χ1v) is 5.56. The molecular weight excluding hydrogens is 220 g/mol. The zero-order valence-electron chi connectivity index (χ0n) is 9.32. The Morgan fingerprint density at radius 3 is 2.94 bits per heavy atom. The number of hydrogen-bond donors (Lipinski definition) is 2. The summed E-state index contributed by atoms with van der Waals surface area (Å²) in [6.45, 7) is 6.83. The number of para-hydroxylation sites is 2. The van der Waals surface area contributed by atoms with Gasteiger partial charge in [-0.05, 0) is 31.3 Å². The van der Waals surface area contributed by atoms with E-state index in [4.69, 9.17) is 17.0 Å². The average Bonchev–Trinajstić information content (AvgIpc) is 2.29. The van der Waals surface area contributed by atoms with Crippen molar-refractivity contribution in [1.29, 1.82) is 0 Å². The molecule has 0 radical (unpaired) electrons. The highest BCUT2D eigenvalue weighted by atomic mass is 32.1. The van der Waals surface area contributed by atoms with Crippen molar-refractivity contribution in [2.75, 3.05) is 18.5 Å². The summed E-state index contributed by atoms with van der Waals surface area (Å²) >= 11 is 5.12. The molecule has 3 nitrogen and oxygen atoms in total. The van der Waals surface area contributed by atoms with Gasteiger partial charge in [-0.25, -0.2) is 0 Å². The van der Waals surface area contributed by atoms with Crippen molar-refractivity contribution >= 4 is 23.0 Å². The van der Waals surface area contributed by atoms with Crippen molar-refractivity contribution in [1.82, 2.24) is 5.32 Å². The molecule has 1 aromatic rings. The number of benzene rings is 1. The zero-order chi connectivity index (χ0) is 11.8. The van der Waals surface area contributed by atoms with Gasteiger partial charge >= 0.3 is 0 Å². The molecule has 1 rings (SSSR count). The minimum Gasteiger partial charge on any atom is -0.492 e. The molecule has 0 saturated heterocycles. The van der Waals surface area contributed by atoms with Gasteiger partial charge < -0.3 is 15.4 Å². The Morgan fingerprint density at radius 1 is 1.50 bits per heavy atom. The van der Waals surface area contributed by atoms with Gasteiger partial charge in [0, 0.05) is 6.54 Å². The molecule has 1 aromatic carbocycles. The summed E-state index contributed by atoms with van der Waals surface area (Å²) in [5.41, 5.74) is 0.867. The fourth-order valence-corrected chi connectivity index (χ4v) is 1.38. The van der Waals surface area contributed by atoms with Crippen molar-refractivity contribution in [3.05, 3.63) is 36.9 Å². The van der Waals surface area contributed by atoms with Crippen LogP contribution in [-0.2, 0) is 0 Å². The highest BCUT2D eigenvalue weighted by molar-refractivity contribution is 7.80. The minimum atomic E-state index is 0.562. The van der Waals surface area contributed by atoms with Gasteiger partial charge in [0.15, 0.2) is 5.11 Å². The Morgan fingerprint density at radius 2 is 2.25 bits per heavy atom. The third-order valence-corrected chi connectivity index (χ3v) is 2.09. The monoisotopic (exact) mass is 236 g/mol. The first-order chi connectivity index (χ1) is 7.77. The maximum atomic E-state index is 5.47. The van der Waals surface area contributed by atoms with E-state index >= 15 is 0 Å². The van der Waals surface area contributed by atoms with Crippen molar-refractivity contribution < 1.29 is 4.74 Å². The molecule has 16 heavy (non-hydrogen) atoms. The fraction of sp³-hybridized carbons (Fsp3) is 0.250. The van der Waals surface area contributed by atoms with E-state index in [1.54, 1.807) is 6.08 Å². The number of hydrogen-bond acceptors (Lipinski definition) is 2. The molecule has 0 aliphatic heterocycles. The van der Waals surface area contributed by atoms with Gasteiger partial charge in [-0.1, -0.05) is 18.2 Å². The van der Waals surface area contributed by atoms with Crippen molar-refractivity contribution in [2.45, 2.75) is 6.92 Å². The average molecular weight is 236 g/mol. The third kappa shape index (κ3) is 3.90. The van der Waals surface area contributed by atoms with E-state index in [9.17, 15) is 0 Å². The first-order valence-electron chi connectivity index (χ1n) is 5.15. The van der Waals surface area contributed by atoms with Crippen LogP contribution in [0.15, 0.2) is 36.9 Å². The maximum Gasteiger partial charge on any atom is 0.171 e. The fourth-order valence-electron chi connectivity index (χ4n) is 1.18. The van der Waals surface area contributed by atoms with Gasteiger partial charge in [0.2, 0.25) is 0 Å².